The van der Waals surface area contributed by atoms with Crippen LogP contribution in [-0.2, 0) is 20.8 Å². The Bertz CT molecular complexity index is 975. The van der Waals surface area contributed by atoms with Crippen molar-refractivity contribution in [3.63, 3.8) is 0 Å². The number of esters is 1. The zero-order valence-electron chi connectivity index (χ0n) is 19.1. The van der Waals surface area contributed by atoms with Crippen LogP contribution in [0.25, 0.3) is 5.65 Å². The van der Waals surface area contributed by atoms with Gasteiger partial charge in [0.2, 0.25) is 5.91 Å². The number of rotatable bonds is 10. The van der Waals surface area contributed by atoms with E-state index in [0.29, 0.717) is 25.4 Å². The van der Waals surface area contributed by atoms with Gasteiger partial charge in [-0.25, -0.2) is 14.3 Å². The lowest BCUT2D eigenvalue weighted by Crippen LogP contribution is -2.40. The summed E-state index contributed by atoms with van der Waals surface area (Å²) in [4.78, 5) is 43.6. The predicted octanol–water partition coefficient (Wildman–Crippen LogP) is 1.34. The van der Waals surface area contributed by atoms with Crippen LogP contribution < -0.4 is 10.9 Å². The van der Waals surface area contributed by atoms with Crippen LogP contribution in [0.1, 0.15) is 56.1 Å². The number of amides is 1. The molecule has 1 aliphatic rings. The van der Waals surface area contributed by atoms with Gasteiger partial charge in [-0.05, 0) is 53.1 Å². The largest absolute Gasteiger partial charge is 0.462 e. The van der Waals surface area contributed by atoms with Gasteiger partial charge in [0.15, 0.2) is 5.65 Å². The van der Waals surface area contributed by atoms with Gasteiger partial charge in [0, 0.05) is 37.9 Å². The monoisotopic (exact) mass is 447 g/mol. The third-order valence-electron chi connectivity index (χ3n) is 5.46. The molecule has 1 fully saturated rings. The van der Waals surface area contributed by atoms with Crippen LogP contribution in [0.15, 0.2) is 17.1 Å². The summed E-state index contributed by atoms with van der Waals surface area (Å²) in [5, 5.41) is 5.75. The van der Waals surface area contributed by atoms with Crippen LogP contribution in [0.5, 0.6) is 0 Å². The highest BCUT2D eigenvalue weighted by Crippen LogP contribution is 2.19. The van der Waals surface area contributed by atoms with Gasteiger partial charge < -0.3 is 14.8 Å². The Morgan fingerprint density at radius 1 is 1.31 bits per heavy atom. The molecule has 2 N–H and O–H groups in total. The fourth-order valence-corrected chi connectivity index (χ4v) is 3.80. The molecule has 0 saturated carbocycles. The van der Waals surface area contributed by atoms with Crippen LogP contribution in [0, 0.1) is 5.92 Å². The Kier molecular flexibility index (Phi) is 8.40. The third kappa shape index (κ3) is 6.17. The highest BCUT2D eigenvalue weighted by atomic mass is 16.5. The number of aromatic nitrogens is 3. The van der Waals surface area contributed by atoms with Gasteiger partial charge in [0.05, 0.1) is 18.4 Å². The summed E-state index contributed by atoms with van der Waals surface area (Å²) < 4.78 is 11.8. The molecule has 10 nitrogen and oxygen atoms in total. The Labute approximate surface area is 187 Å². The Morgan fingerprint density at radius 2 is 2.06 bits per heavy atom. The summed E-state index contributed by atoms with van der Waals surface area (Å²) in [6, 6.07) is 1.47. The molecule has 0 bridgehead atoms. The number of hydrogen-bond acceptors (Lipinski definition) is 7. The van der Waals surface area contributed by atoms with Crippen LogP contribution in [0.3, 0.4) is 0 Å². The average molecular weight is 448 g/mol. The number of nitrogens with one attached hydrogen (secondary N) is 2. The SMILES string of the molecule is CCOC(=O)c1c[nH]n2c(=O)cc(CN3CCC(C(=O)NCCCOC(C)C)CC3)nc12. The first-order chi connectivity index (χ1) is 15.4. The Morgan fingerprint density at radius 3 is 2.75 bits per heavy atom. The molecule has 1 saturated heterocycles. The van der Waals surface area contributed by atoms with E-state index < -0.39 is 5.97 Å². The number of piperidine rings is 1. The van der Waals surface area contributed by atoms with E-state index in [1.54, 1.807) is 6.92 Å². The lowest BCUT2D eigenvalue weighted by Gasteiger charge is -2.31. The molecule has 176 valence electrons. The highest BCUT2D eigenvalue weighted by molar-refractivity contribution is 5.95. The molecule has 2 aromatic rings. The average Bonchev–Trinajstić information content (AvgIpc) is 3.18. The zero-order valence-corrected chi connectivity index (χ0v) is 19.1. The standard InChI is InChI=1S/C22H33N5O5/c1-4-31-22(30)18-13-24-27-19(28)12-17(25-20(18)27)14-26-9-6-16(7-10-26)21(29)23-8-5-11-32-15(2)3/h12-13,15-16,24H,4-11,14H2,1-3H3,(H,23,29). The second-order valence-electron chi connectivity index (χ2n) is 8.27. The van der Waals surface area contributed by atoms with Crippen molar-refractivity contribution >= 4 is 17.5 Å². The molecule has 0 atom stereocenters. The third-order valence-corrected chi connectivity index (χ3v) is 5.46. The van der Waals surface area contributed by atoms with Crippen molar-refractivity contribution in [2.45, 2.75) is 52.7 Å². The topological polar surface area (TPSA) is 118 Å². The molecule has 1 amide bonds. The van der Waals surface area contributed by atoms with E-state index in [9.17, 15) is 14.4 Å². The second-order valence-corrected chi connectivity index (χ2v) is 8.27. The molecule has 10 heteroatoms. The molecule has 2 aromatic heterocycles. The van der Waals surface area contributed by atoms with Gasteiger partial charge in [-0.2, -0.15) is 0 Å². The molecule has 32 heavy (non-hydrogen) atoms. The van der Waals surface area contributed by atoms with Crippen molar-refractivity contribution in [3.8, 4) is 0 Å². The second kappa shape index (κ2) is 11.2. The molecule has 0 spiro atoms. The van der Waals surface area contributed by atoms with Gasteiger partial charge in [0.25, 0.3) is 5.56 Å². The van der Waals surface area contributed by atoms with Gasteiger partial charge >= 0.3 is 5.97 Å². The molecule has 1 aliphatic heterocycles. The van der Waals surface area contributed by atoms with Crippen molar-refractivity contribution in [3.05, 3.63) is 33.9 Å². The molecule has 3 heterocycles. The van der Waals surface area contributed by atoms with Crippen molar-refractivity contribution in [2.24, 2.45) is 5.92 Å². The normalized spacial score (nSPS) is 15.4. The van der Waals surface area contributed by atoms with Crippen molar-refractivity contribution in [1.29, 1.82) is 0 Å². The first-order valence-corrected chi connectivity index (χ1v) is 11.3. The summed E-state index contributed by atoms with van der Waals surface area (Å²) in [5.41, 5.74) is 0.811. The predicted molar refractivity (Wildman–Crippen MR) is 118 cm³/mol. The zero-order chi connectivity index (χ0) is 23.1. The number of likely N-dealkylation sites (tertiary alicyclic amines) is 1. The Hall–Kier alpha value is -2.72. The first-order valence-electron chi connectivity index (χ1n) is 11.3. The van der Waals surface area contributed by atoms with Crippen LogP contribution in [0.4, 0.5) is 0 Å². The minimum Gasteiger partial charge on any atom is -0.462 e. The lowest BCUT2D eigenvalue weighted by atomic mass is 9.96. The van der Waals surface area contributed by atoms with E-state index in [1.165, 1.54) is 16.8 Å². The van der Waals surface area contributed by atoms with Gasteiger partial charge in [-0.1, -0.05) is 0 Å². The summed E-state index contributed by atoms with van der Waals surface area (Å²) in [5.74, 6) is -0.422. The molecule has 3 rings (SSSR count). The minimum absolute atomic E-state index is 0.00146. The van der Waals surface area contributed by atoms with E-state index >= 15 is 0 Å². The van der Waals surface area contributed by atoms with Crippen molar-refractivity contribution in [1.82, 2.24) is 24.8 Å². The van der Waals surface area contributed by atoms with Gasteiger partial charge in [-0.15, -0.1) is 0 Å². The van der Waals surface area contributed by atoms with E-state index in [0.717, 1.165) is 32.4 Å². The molecule has 0 unspecified atom stereocenters. The van der Waals surface area contributed by atoms with E-state index in [1.807, 2.05) is 13.8 Å². The van der Waals surface area contributed by atoms with E-state index in [4.69, 9.17) is 9.47 Å². The number of hydrogen-bond donors (Lipinski definition) is 2. The lowest BCUT2D eigenvalue weighted by molar-refractivity contribution is -0.126. The van der Waals surface area contributed by atoms with Crippen molar-refractivity contribution < 1.29 is 19.1 Å². The number of carbonyl (C=O) groups excluding carboxylic acids is 2. The van der Waals surface area contributed by atoms with Gasteiger partial charge in [0.1, 0.15) is 5.56 Å². The quantitative estimate of drug-likeness (QED) is 0.417. The molecule has 0 aromatic carbocycles. The molecule has 0 radical (unpaired) electrons. The maximum Gasteiger partial charge on any atom is 0.343 e. The number of H-pyrrole nitrogens is 1. The summed E-state index contributed by atoms with van der Waals surface area (Å²) in [6.07, 6.45) is 3.96. The molecule has 0 aliphatic carbocycles. The summed E-state index contributed by atoms with van der Waals surface area (Å²) in [7, 11) is 0. The maximum atomic E-state index is 12.4. The van der Waals surface area contributed by atoms with Crippen LogP contribution in [0.2, 0.25) is 0 Å². The fraction of sp³-hybridized carbons (Fsp3) is 0.636. The maximum absolute atomic E-state index is 12.4. The van der Waals surface area contributed by atoms with E-state index in [-0.39, 0.29) is 41.3 Å². The molecular formula is C22H33N5O5. The molecular weight excluding hydrogens is 414 g/mol. The number of carbonyl (C=O) groups is 2. The number of fused-ring (bicyclic) bond motifs is 1. The number of aromatic amines is 1. The minimum atomic E-state index is -0.516. The first kappa shape index (κ1) is 23.9. The highest BCUT2D eigenvalue weighted by Gasteiger charge is 2.25. The number of ether oxygens (including phenoxy) is 2. The van der Waals surface area contributed by atoms with Crippen molar-refractivity contribution in [2.75, 3.05) is 32.8 Å². The fourth-order valence-electron chi connectivity index (χ4n) is 3.80. The summed E-state index contributed by atoms with van der Waals surface area (Å²) >= 11 is 0. The van der Waals surface area contributed by atoms with E-state index in [2.05, 4.69) is 20.3 Å². The Balaban J connectivity index is 1.52. The van der Waals surface area contributed by atoms with Gasteiger partial charge in [-0.3, -0.25) is 19.6 Å². The smallest absolute Gasteiger partial charge is 0.343 e. The van der Waals surface area contributed by atoms with Crippen LogP contribution in [-0.4, -0.2) is 70.3 Å². The van der Waals surface area contributed by atoms with Crippen LogP contribution >= 0.6 is 0 Å². The number of nitrogens with zero attached hydrogens (tertiary/aromatic N) is 3. The summed E-state index contributed by atoms with van der Waals surface area (Å²) in [6.45, 7) is 9.20.